The van der Waals surface area contributed by atoms with Gasteiger partial charge in [-0.25, -0.2) is 9.18 Å². The molecule has 0 bridgehead atoms. The minimum atomic E-state index is -0.384. The second-order valence-electron chi connectivity index (χ2n) is 4.43. The van der Waals surface area contributed by atoms with Crippen molar-refractivity contribution in [1.82, 2.24) is 4.57 Å². The summed E-state index contributed by atoms with van der Waals surface area (Å²) in [7, 11) is 0. The van der Waals surface area contributed by atoms with Gasteiger partial charge in [-0.3, -0.25) is 0 Å². The summed E-state index contributed by atoms with van der Waals surface area (Å²) in [5, 5.41) is 0. The number of carbonyl (C=O) groups excluding carboxylic acids is 1. The number of hydrogen-bond acceptors (Lipinski definition) is 2. The van der Waals surface area contributed by atoms with Crippen LogP contribution < -0.4 is 0 Å². The van der Waals surface area contributed by atoms with Gasteiger partial charge < -0.3 is 9.30 Å². The summed E-state index contributed by atoms with van der Waals surface area (Å²) in [6.45, 7) is 4.19. The molecule has 0 saturated carbocycles. The molecule has 2 rings (SSSR count). The van der Waals surface area contributed by atoms with Crippen molar-refractivity contribution in [2.45, 2.75) is 20.4 Å². The maximum atomic E-state index is 13.8. The number of esters is 1. The van der Waals surface area contributed by atoms with Crippen molar-refractivity contribution < 1.29 is 13.9 Å². The first kappa shape index (κ1) is 14.8. The molecule has 0 fully saturated rings. The molecule has 0 unspecified atom stereocenters. The third-order valence-electron chi connectivity index (χ3n) is 2.98. The highest BCUT2D eigenvalue weighted by atomic mass is 79.9. The molecule has 106 valence electrons. The molecule has 0 aliphatic heterocycles. The molecule has 2 aromatic rings. The molecular formula is C15H15BrFNO2. The number of nitrogens with zero attached hydrogens (tertiary/aromatic N) is 1. The third kappa shape index (κ3) is 3.10. The van der Waals surface area contributed by atoms with Crippen molar-refractivity contribution in [3.8, 4) is 0 Å². The molecule has 0 aliphatic carbocycles. The van der Waals surface area contributed by atoms with Gasteiger partial charge in [-0.15, -0.1) is 0 Å². The molecule has 0 N–H and O–H groups in total. The molecule has 1 aromatic carbocycles. The third-order valence-corrected chi connectivity index (χ3v) is 3.48. The van der Waals surface area contributed by atoms with Crippen LogP contribution in [0.3, 0.4) is 0 Å². The van der Waals surface area contributed by atoms with E-state index in [1.807, 2.05) is 13.0 Å². The lowest BCUT2D eigenvalue weighted by Crippen LogP contribution is -2.14. The molecule has 5 heteroatoms. The fourth-order valence-corrected chi connectivity index (χ4v) is 2.45. The van der Waals surface area contributed by atoms with Gasteiger partial charge in [0.25, 0.3) is 0 Å². The van der Waals surface area contributed by atoms with E-state index in [1.165, 1.54) is 6.07 Å². The minimum Gasteiger partial charge on any atom is -0.461 e. The standard InChI is InChI=1S/C15H15BrFNO2/c1-3-20-15(19)14-10(2)6-7-18(14)9-11-8-12(16)4-5-13(11)17/h4-8H,3,9H2,1-2H3. The molecule has 0 atom stereocenters. The number of benzene rings is 1. The summed E-state index contributed by atoms with van der Waals surface area (Å²) in [6, 6.07) is 6.58. The zero-order chi connectivity index (χ0) is 14.7. The summed E-state index contributed by atoms with van der Waals surface area (Å²) in [5.41, 5.74) is 1.80. The van der Waals surface area contributed by atoms with Gasteiger partial charge in [-0.1, -0.05) is 15.9 Å². The monoisotopic (exact) mass is 339 g/mol. The van der Waals surface area contributed by atoms with E-state index < -0.39 is 0 Å². The number of hydrogen-bond donors (Lipinski definition) is 0. The first-order valence-electron chi connectivity index (χ1n) is 6.29. The maximum Gasteiger partial charge on any atom is 0.355 e. The minimum absolute atomic E-state index is 0.285. The normalized spacial score (nSPS) is 10.6. The molecule has 0 aliphatic rings. The second kappa shape index (κ2) is 6.22. The average Bonchev–Trinajstić information content (AvgIpc) is 2.75. The lowest BCUT2D eigenvalue weighted by Gasteiger charge is -2.10. The van der Waals surface area contributed by atoms with Gasteiger partial charge in [-0.2, -0.15) is 0 Å². The van der Waals surface area contributed by atoms with Crippen LogP contribution in [-0.4, -0.2) is 17.1 Å². The van der Waals surface area contributed by atoms with Gasteiger partial charge in [-0.05, 0) is 43.7 Å². The fourth-order valence-electron chi connectivity index (χ4n) is 2.04. The van der Waals surface area contributed by atoms with Gasteiger partial charge in [0.05, 0.1) is 13.2 Å². The predicted octanol–water partition coefficient (Wildman–Crippen LogP) is 3.92. The van der Waals surface area contributed by atoms with E-state index in [4.69, 9.17) is 4.74 Å². The van der Waals surface area contributed by atoms with Crippen LogP contribution in [0.15, 0.2) is 34.9 Å². The SMILES string of the molecule is CCOC(=O)c1c(C)ccn1Cc1cc(Br)ccc1F. The molecule has 0 amide bonds. The molecule has 0 radical (unpaired) electrons. The predicted molar refractivity (Wildman–Crippen MR) is 78.3 cm³/mol. The highest BCUT2D eigenvalue weighted by Crippen LogP contribution is 2.19. The van der Waals surface area contributed by atoms with Crippen LogP contribution in [0.25, 0.3) is 0 Å². The number of aromatic nitrogens is 1. The summed E-state index contributed by atoms with van der Waals surface area (Å²) >= 11 is 3.32. The Kier molecular flexibility index (Phi) is 4.60. The lowest BCUT2D eigenvalue weighted by atomic mass is 10.2. The molecule has 20 heavy (non-hydrogen) atoms. The van der Waals surface area contributed by atoms with E-state index >= 15 is 0 Å². The van der Waals surface area contributed by atoms with Gasteiger partial charge >= 0.3 is 5.97 Å². The highest BCUT2D eigenvalue weighted by molar-refractivity contribution is 9.10. The van der Waals surface area contributed by atoms with E-state index in [0.29, 0.717) is 17.9 Å². The maximum absolute atomic E-state index is 13.8. The Bertz CT molecular complexity index is 637. The summed E-state index contributed by atoms with van der Waals surface area (Å²) < 4.78 is 21.3. The van der Waals surface area contributed by atoms with Gasteiger partial charge in [0.1, 0.15) is 11.5 Å². The van der Waals surface area contributed by atoms with Crippen LogP contribution in [0.5, 0.6) is 0 Å². The number of rotatable bonds is 4. The number of aryl methyl sites for hydroxylation is 1. The van der Waals surface area contributed by atoms with Gasteiger partial charge in [0.2, 0.25) is 0 Å². The van der Waals surface area contributed by atoms with Gasteiger partial charge in [0, 0.05) is 16.2 Å². The molecule has 1 heterocycles. The summed E-state index contributed by atoms with van der Waals surface area (Å²) in [4.78, 5) is 11.9. The molecule has 3 nitrogen and oxygen atoms in total. The lowest BCUT2D eigenvalue weighted by molar-refractivity contribution is 0.0513. The van der Waals surface area contributed by atoms with E-state index in [0.717, 1.165) is 10.0 Å². The van der Waals surface area contributed by atoms with Crippen LogP contribution in [-0.2, 0) is 11.3 Å². The van der Waals surface area contributed by atoms with Gasteiger partial charge in [0.15, 0.2) is 0 Å². The molecule has 1 aromatic heterocycles. The Hall–Kier alpha value is -1.62. The largest absolute Gasteiger partial charge is 0.461 e. The average molecular weight is 340 g/mol. The zero-order valence-corrected chi connectivity index (χ0v) is 12.9. The topological polar surface area (TPSA) is 31.2 Å². The van der Waals surface area contributed by atoms with Crippen molar-refractivity contribution in [3.05, 3.63) is 57.6 Å². The first-order chi connectivity index (χ1) is 9.52. The Morgan fingerprint density at radius 3 is 2.85 bits per heavy atom. The fraction of sp³-hybridized carbons (Fsp3) is 0.267. The highest BCUT2D eigenvalue weighted by Gasteiger charge is 2.16. The smallest absolute Gasteiger partial charge is 0.355 e. The van der Waals surface area contributed by atoms with E-state index in [-0.39, 0.29) is 18.3 Å². The second-order valence-corrected chi connectivity index (χ2v) is 5.35. The number of ether oxygens (including phenoxy) is 1. The van der Waals surface area contributed by atoms with Crippen molar-refractivity contribution in [3.63, 3.8) is 0 Å². The first-order valence-corrected chi connectivity index (χ1v) is 7.09. The zero-order valence-electron chi connectivity index (χ0n) is 11.3. The number of carbonyl (C=O) groups is 1. The Morgan fingerprint density at radius 2 is 2.15 bits per heavy atom. The quantitative estimate of drug-likeness (QED) is 0.790. The molecule has 0 spiro atoms. The van der Waals surface area contributed by atoms with E-state index in [2.05, 4.69) is 15.9 Å². The van der Waals surface area contributed by atoms with Crippen molar-refractivity contribution >= 4 is 21.9 Å². The van der Waals surface area contributed by atoms with Crippen LogP contribution in [0.4, 0.5) is 4.39 Å². The van der Waals surface area contributed by atoms with E-state index in [1.54, 1.807) is 29.8 Å². The van der Waals surface area contributed by atoms with Crippen LogP contribution in [0, 0.1) is 12.7 Å². The van der Waals surface area contributed by atoms with E-state index in [9.17, 15) is 9.18 Å². The van der Waals surface area contributed by atoms with Crippen molar-refractivity contribution in [2.75, 3.05) is 6.61 Å². The molecular weight excluding hydrogens is 325 g/mol. The van der Waals surface area contributed by atoms with Crippen LogP contribution >= 0.6 is 15.9 Å². The Balaban J connectivity index is 2.34. The van der Waals surface area contributed by atoms with Crippen LogP contribution in [0.2, 0.25) is 0 Å². The Labute approximate surface area is 125 Å². The van der Waals surface area contributed by atoms with Crippen LogP contribution in [0.1, 0.15) is 28.5 Å². The Morgan fingerprint density at radius 1 is 1.40 bits per heavy atom. The number of halogens is 2. The van der Waals surface area contributed by atoms with Crippen molar-refractivity contribution in [1.29, 1.82) is 0 Å². The summed E-state index contributed by atoms with van der Waals surface area (Å²) in [6.07, 6.45) is 1.77. The molecule has 0 saturated heterocycles. The van der Waals surface area contributed by atoms with Crippen molar-refractivity contribution in [2.24, 2.45) is 0 Å². The summed E-state index contributed by atoms with van der Waals surface area (Å²) in [5.74, 6) is -0.681.